The third kappa shape index (κ3) is 3.51. The zero-order valence-electron chi connectivity index (χ0n) is 13.0. The molecule has 2 fully saturated rings. The van der Waals surface area contributed by atoms with Crippen molar-refractivity contribution < 1.29 is 18.7 Å². The molecule has 0 radical (unpaired) electrons. The average molecular weight is 308 g/mol. The molecular weight excluding hydrogens is 284 g/mol. The van der Waals surface area contributed by atoms with Crippen LogP contribution in [0.4, 0.5) is 0 Å². The fourth-order valence-corrected chi connectivity index (χ4v) is 3.40. The molecule has 0 spiro atoms. The molecule has 22 heavy (non-hydrogen) atoms. The van der Waals surface area contributed by atoms with E-state index in [-0.39, 0.29) is 18.1 Å². The van der Waals surface area contributed by atoms with E-state index >= 15 is 0 Å². The summed E-state index contributed by atoms with van der Waals surface area (Å²) < 4.78 is 16.4. The van der Waals surface area contributed by atoms with Crippen LogP contribution in [0, 0.1) is 0 Å². The minimum absolute atomic E-state index is 0.0139. The predicted molar refractivity (Wildman–Crippen MR) is 80.3 cm³/mol. The molecule has 1 aromatic rings. The Bertz CT molecular complexity index is 477. The third-order valence-electron chi connectivity index (χ3n) is 4.50. The maximum atomic E-state index is 12.1. The monoisotopic (exact) mass is 308 g/mol. The van der Waals surface area contributed by atoms with Gasteiger partial charge in [-0.3, -0.25) is 9.69 Å². The van der Waals surface area contributed by atoms with Gasteiger partial charge in [0.2, 0.25) is 5.91 Å². The van der Waals surface area contributed by atoms with Crippen LogP contribution in [0.5, 0.6) is 0 Å². The number of likely N-dealkylation sites (tertiary alicyclic amines) is 1. The van der Waals surface area contributed by atoms with Gasteiger partial charge in [0.15, 0.2) is 0 Å². The smallest absolute Gasteiger partial charge is 0.249 e. The molecule has 1 N–H and O–H groups in total. The summed E-state index contributed by atoms with van der Waals surface area (Å²) >= 11 is 0. The Morgan fingerprint density at radius 1 is 1.45 bits per heavy atom. The van der Waals surface area contributed by atoms with Crippen LogP contribution in [0.3, 0.4) is 0 Å². The topological polar surface area (TPSA) is 63.9 Å². The van der Waals surface area contributed by atoms with Gasteiger partial charge >= 0.3 is 0 Å². The van der Waals surface area contributed by atoms with Gasteiger partial charge in [-0.1, -0.05) is 0 Å². The lowest BCUT2D eigenvalue weighted by Gasteiger charge is -2.35. The highest BCUT2D eigenvalue weighted by molar-refractivity contribution is 5.80. The number of nitrogens with zero attached hydrogens (tertiary/aromatic N) is 1. The number of methoxy groups -OCH3 is 1. The number of ether oxygens (including phenoxy) is 2. The van der Waals surface area contributed by atoms with Crippen LogP contribution >= 0.6 is 0 Å². The number of rotatable bonds is 6. The van der Waals surface area contributed by atoms with E-state index in [2.05, 4.69) is 10.2 Å². The van der Waals surface area contributed by atoms with Gasteiger partial charge in [0, 0.05) is 26.2 Å². The summed E-state index contributed by atoms with van der Waals surface area (Å²) in [7, 11) is 1.62. The fourth-order valence-electron chi connectivity index (χ4n) is 3.40. The Balaban J connectivity index is 1.49. The molecular formula is C16H24N2O4. The highest BCUT2D eigenvalue weighted by Gasteiger charge is 2.41. The summed E-state index contributed by atoms with van der Waals surface area (Å²) in [6.07, 6.45) is 4.29. The Kier molecular flexibility index (Phi) is 5.12. The van der Waals surface area contributed by atoms with E-state index in [1.54, 1.807) is 13.4 Å². The highest BCUT2D eigenvalue weighted by atomic mass is 16.5. The molecule has 2 aliphatic heterocycles. The first kappa shape index (κ1) is 15.5. The Hall–Kier alpha value is -1.37. The van der Waals surface area contributed by atoms with Gasteiger partial charge in [0.25, 0.3) is 0 Å². The molecule has 0 aliphatic carbocycles. The lowest BCUT2D eigenvalue weighted by molar-refractivity contribution is -0.144. The zero-order valence-corrected chi connectivity index (χ0v) is 13.0. The third-order valence-corrected chi connectivity index (χ3v) is 4.50. The normalized spacial score (nSPS) is 28.5. The van der Waals surface area contributed by atoms with Crippen molar-refractivity contribution in [2.24, 2.45) is 0 Å². The van der Waals surface area contributed by atoms with Gasteiger partial charge in [-0.05, 0) is 31.4 Å². The summed E-state index contributed by atoms with van der Waals surface area (Å²) in [5.74, 6) is 0.972. The highest BCUT2D eigenvalue weighted by Crippen LogP contribution is 2.32. The van der Waals surface area contributed by atoms with Crippen molar-refractivity contribution in [1.29, 1.82) is 0 Å². The molecule has 1 amide bonds. The second kappa shape index (κ2) is 7.26. The maximum Gasteiger partial charge on any atom is 0.249 e. The predicted octanol–water partition coefficient (Wildman–Crippen LogP) is 1.16. The van der Waals surface area contributed by atoms with E-state index in [4.69, 9.17) is 13.9 Å². The Labute approximate surface area is 130 Å². The summed E-state index contributed by atoms with van der Waals surface area (Å²) in [6, 6.07) is 4.32. The van der Waals surface area contributed by atoms with Gasteiger partial charge in [-0.15, -0.1) is 0 Å². The van der Waals surface area contributed by atoms with Gasteiger partial charge in [0.1, 0.15) is 11.9 Å². The molecule has 3 heterocycles. The van der Waals surface area contributed by atoms with E-state index in [0.29, 0.717) is 19.2 Å². The van der Waals surface area contributed by atoms with Crippen molar-refractivity contribution >= 4 is 5.91 Å². The number of carbonyl (C=O) groups is 1. The van der Waals surface area contributed by atoms with Crippen molar-refractivity contribution in [3.63, 3.8) is 0 Å². The number of fused-ring (bicyclic) bond motifs is 1. The number of carbonyl (C=O) groups excluding carboxylic acids is 1. The Morgan fingerprint density at radius 2 is 2.36 bits per heavy atom. The van der Waals surface area contributed by atoms with E-state index in [0.717, 1.165) is 38.1 Å². The van der Waals surface area contributed by atoms with Crippen LogP contribution in [0.15, 0.2) is 22.8 Å². The van der Waals surface area contributed by atoms with Gasteiger partial charge in [0.05, 0.1) is 25.5 Å². The first-order valence-electron chi connectivity index (χ1n) is 7.96. The maximum absolute atomic E-state index is 12.1. The second-order valence-electron chi connectivity index (χ2n) is 5.93. The van der Waals surface area contributed by atoms with Crippen molar-refractivity contribution in [2.45, 2.75) is 44.1 Å². The number of furan rings is 1. The first-order chi connectivity index (χ1) is 10.8. The van der Waals surface area contributed by atoms with Crippen LogP contribution in [0.1, 0.15) is 25.0 Å². The van der Waals surface area contributed by atoms with Crippen LogP contribution in [-0.2, 0) is 20.8 Å². The van der Waals surface area contributed by atoms with Gasteiger partial charge in [-0.2, -0.15) is 0 Å². The minimum atomic E-state index is -0.318. The summed E-state index contributed by atoms with van der Waals surface area (Å²) in [5, 5.41) is 2.86. The van der Waals surface area contributed by atoms with Gasteiger partial charge < -0.3 is 19.2 Å². The molecule has 1 aromatic heterocycles. The molecule has 0 bridgehead atoms. The van der Waals surface area contributed by atoms with Gasteiger partial charge in [-0.25, -0.2) is 0 Å². The molecule has 6 heteroatoms. The largest absolute Gasteiger partial charge is 0.468 e. The fraction of sp³-hybridized carbons (Fsp3) is 0.688. The molecule has 2 aliphatic rings. The molecule has 122 valence electrons. The summed E-state index contributed by atoms with van der Waals surface area (Å²) in [5.41, 5.74) is 0. The molecule has 6 nitrogen and oxygen atoms in total. The average Bonchev–Trinajstić information content (AvgIpc) is 3.18. The zero-order chi connectivity index (χ0) is 15.4. The molecule has 0 unspecified atom stereocenters. The quantitative estimate of drug-likeness (QED) is 0.799. The van der Waals surface area contributed by atoms with Crippen LogP contribution in [-0.4, -0.2) is 55.9 Å². The first-order valence-corrected chi connectivity index (χ1v) is 7.96. The molecule has 3 rings (SSSR count). The molecule has 0 saturated carbocycles. The minimum Gasteiger partial charge on any atom is -0.468 e. The molecule has 2 saturated heterocycles. The molecule has 3 atom stereocenters. The SMILES string of the molecule is COCCNC(=O)[C@H]1CC[C@@H]2[C@@H](CCN2Cc2ccco2)O1. The standard InChI is InChI=1S/C16H24N2O4/c1-20-10-7-17-16(19)15-5-4-13-14(22-15)6-8-18(13)11-12-3-2-9-21-12/h2-3,9,13-15H,4-8,10-11H2,1H3,(H,17,19)/t13-,14-,15-/m1/s1. The van der Waals surface area contributed by atoms with Crippen molar-refractivity contribution in [2.75, 3.05) is 26.8 Å². The van der Waals surface area contributed by atoms with Crippen molar-refractivity contribution in [3.05, 3.63) is 24.2 Å². The lowest BCUT2D eigenvalue weighted by Crippen LogP contribution is -2.48. The van der Waals surface area contributed by atoms with E-state index in [9.17, 15) is 4.79 Å². The van der Waals surface area contributed by atoms with Crippen molar-refractivity contribution in [3.8, 4) is 0 Å². The lowest BCUT2D eigenvalue weighted by atomic mass is 9.98. The Morgan fingerprint density at radius 3 is 3.14 bits per heavy atom. The van der Waals surface area contributed by atoms with E-state index in [1.165, 1.54) is 0 Å². The van der Waals surface area contributed by atoms with E-state index in [1.807, 2.05) is 12.1 Å². The number of amides is 1. The van der Waals surface area contributed by atoms with Crippen LogP contribution < -0.4 is 5.32 Å². The summed E-state index contributed by atoms with van der Waals surface area (Å²) in [6.45, 7) is 2.88. The van der Waals surface area contributed by atoms with Crippen molar-refractivity contribution in [1.82, 2.24) is 10.2 Å². The van der Waals surface area contributed by atoms with Crippen LogP contribution in [0.25, 0.3) is 0 Å². The summed E-state index contributed by atoms with van der Waals surface area (Å²) in [4.78, 5) is 14.5. The van der Waals surface area contributed by atoms with Crippen LogP contribution in [0.2, 0.25) is 0 Å². The molecule has 0 aromatic carbocycles. The number of hydrogen-bond acceptors (Lipinski definition) is 5. The number of nitrogens with one attached hydrogen (secondary N) is 1. The number of hydrogen-bond donors (Lipinski definition) is 1. The second-order valence-corrected chi connectivity index (χ2v) is 5.93. The van der Waals surface area contributed by atoms with E-state index < -0.39 is 0 Å².